The molecule has 6 aromatic rings. The summed E-state index contributed by atoms with van der Waals surface area (Å²) in [6.07, 6.45) is 1.72. The normalized spacial score (nSPS) is 11.6. The molecule has 0 atom stereocenters. The monoisotopic (exact) mass is 581 g/mol. The van der Waals surface area contributed by atoms with Crippen LogP contribution in [0.2, 0.25) is 0 Å². The zero-order valence-corrected chi connectivity index (χ0v) is 25.5. The van der Waals surface area contributed by atoms with Crippen LogP contribution in [-0.2, 0) is 6.61 Å². The summed E-state index contributed by atoms with van der Waals surface area (Å²) in [7, 11) is 0. The molecule has 0 saturated heterocycles. The molecular formula is C38H35N3O3. The fourth-order valence-electron chi connectivity index (χ4n) is 5.46. The molecule has 0 saturated carbocycles. The second kappa shape index (κ2) is 12.6. The van der Waals surface area contributed by atoms with E-state index >= 15 is 0 Å². The van der Waals surface area contributed by atoms with Gasteiger partial charge in [-0.2, -0.15) is 9.78 Å². The molecule has 0 bridgehead atoms. The van der Waals surface area contributed by atoms with Gasteiger partial charge in [0.2, 0.25) is 0 Å². The molecule has 1 aromatic heterocycles. The minimum atomic E-state index is -0.242. The van der Waals surface area contributed by atoms with Gasteiger partial charge in [-0.3, -0.25) is 4.79 Å². The third kappa shape index (κ3) is 5.71. The highest BCUT2D eigenvalue weighted by molar-refractivity contribution is 6.02. The van der Waals surface area contributed by atoms with E-state index in [0.717, 1.165) is 44.3 Å². The number of ether oxygens (including phenoxy) is 2. The van der Waals surface area contributed by atoms with Crippen LogP contribution in [0, 0.1) is 6.92 Å². The lowest BCUT2D eigenvalue weighted by Gasteiger charge is -2.18. The van der Waals surface area contributed by atoms with E-state index in [1.54, 1.807) is 12.3 Å². The first-order chi connectivity index (χ1) is 21.4. The molecular weight excluding hydrogens is 546 g/mol. The fraction of sp³-hybridized carbons (Fsp3) is 0.184. The zero-order valence-electron chi connectivity index (χ0n) is 25.5. The molecule has 1 heterocycles. The van der Waals surface area contributed by atoms with Crippen molar-refractivity contribution in [2.24, 2.45) is 5.10 Å². The molecule has 6 heteroatoms. The average Bonchev–Trinajstić information content (AvgIpc) is 3.04. The predicted molar refractivity (Wildman–Crippen MR) is 179 cm³/mol. The summed E-state index contributed by atoms with van der Waals surface area (Å²) in [5.74, 6) is 2.20. The molecule has 220 valence electrons. The lowest BCUT2D eigenvalue weighted by molar-refractivity contribution is 0.306. The summed E-state index contributed by atoms with van der Waals surface area (Å²) >= 11 is 0. The molecule has 5 aromatic carbocycles. The number of aryl methyl sites for hydroxylation is 1. The van der Waals surface area contributed by atoms with Gasteiger partial charge in [0.05, 0.1) is 23.7 Å². The number of fused-ring (bicyclic) bond motifs is 2. The van der Waals surface area contributed by atoms with Gasteiger partial charge in [0, 0.05) is 11.1 Å². The molecule has 6 nitrogen and oxygen atoms in total. The third-order valence-corrected chi connectivity index (χ3v) is 7.74. The maximum atomic E-state index is 14.1. The highest BCUT2D eigenvalue weighted by atomic mass is 16.5. The van der Waals surface area contributed by atoms with Crippen LogP contribution in [0.25, 0.3) is 33.1 Å². The number of benzene rings is 5. The van der Waals surface area contributed by atoms with Crippen molar-refractivity contribution in [2.45, 2.75) is 40.2 Å². The van der Waals surface area contributed by atoms with Crippen LogP contribution in [0.1, 0.15) is 48.9 Å². The van der Waals surface area contributed by atoms with Crippen molar-refractivity contribution in [3.05, 3.63) is 136 Å². The quantitative estimate of drug-likeness (QED) is 0.161. The molecule has 0 aliphatic heterocycles. The van der Waals surface area contributed by atoms with Crippen molar-refractivity contribution >= 4 is 27.9 Å². The SMILES string of the molecule is CCOc1cc(C)c(-c2nc3ccccc3c(=O)n2N=Cc2c(OCc3ccccc3)ccc3ccccc23)cc1C(C)C. The minimum absolute atomic E-state index is 0.208. The van der Waals surface area contributed by atoms with Crippen molar-refractivity contribution in [1.82, 2.24) is 9.66 Å². The zero-order chi connectivity index (χ0) is 30.6. The topological polar surface area (TPSA) is 65.7 Å². The van der Waals surface area contributed by atoms with Gasteiger partial charge in [-0.25, -0.2) is 4.98 Å². The molecule has 0 radical (unpaired) electrons. The summed E-state index contributed by atoms with van der Waals surface area (Å²) in [6.45, 7) is 9.24. The van der Waals surface area contributed by atoms with Crippen molar-refractivity contribution in [1.29, 1.82) is 0 Å². The Morgan fingerprint density at radius 1 is 0.841 bits per heavy atom. The molecule has 0 aliphatic rings. The van der Waals surface area contributed by atoms with Gasteiger partial charge < -0.3 is 9.47 Å². The number of hydrogen-bond acceptors (Lipinski definition) is 5. The van der Waals surface area contributed by atoms with Crippen molar-refractivity contribution < 1.29 is 9.47 Å². The fourth-order valence-corrected chi connectivity index (χ4v) is 5.46. The standard InChI is InChI=1S/C38H35N3O3/c1-5-43-36-21-26(4)32(22-31(36)25(2)3)37-40-34-18-12-11-17-30(34)38(42)41(37)39-23-33-29-16-10-9-15-28(29)19-20-35(33)44-24-27-13-7-6-8-14-27/h6-23,25H,5,24H2,1-4H3. The first kappa shape index (κ1) is 28.9. The van der Waals surface area contributed by atoms with E-state index in [1.807, 2.05) is 98.8 Å². The first-order valence-electron chi connectivity index (χ1n) is 15.0. The number of para-hydroxylation sites is 1. The van der Waals surface area contributed by atoms with Crippen LogP contribution in [0.5, 0.6) is 11.5 Å². The summed E-state index contributed by atoms with van der Waals surface area (Å²) < 4.78 is 13.7. The van der Waals surface area contributed by atoms with Crippen molar-refractivity contribution in [2.75, 3.05) is 6.61 Å². The number of aromatic nitrogens is 2. The highest BCUT2D eigenvalue weighted by Gasteiger charge is 2.19. The van der Waals surface area contributed by atoms with E-state index in [4.69, 9.17) is 19.6 Å². The van der Waals surface area contributed by atoms with Crippen LogP contribution in [0.15, 0.2) is 113 Å². The van der Waals surface area contributed by atoms with Crippen LogP contribution >= 0.6 is 0 Å². The van der Waals surface area contributed by atoms with Crippen LogP contribution in [0.3, 0.4) is 0 Å². The number of nitrogens with zero attached hydrogens (tertiary/aromatic N) is 3. The summed E-state index contributed by atoms with van der Waals surface area (Å²) in [4.78, 5) is 19.0. The Bertz CT molecular complexity index is 2050. The summed E-state index contributed by atoms with van der Waals surface area (Å²) in [6, 6.07) is 33.6. The predicted octanol–water partition coefficient (Wildman–Crippen LogP) is 8.51. The first-order valence-corrected chi connectivity index (χ1v) is 15.0. The van der Waals surface area contributed by atoms with Crippen LogP contribution in [0.4, 0.5) is 0 Å². The largest absolute Gasteiger partial charge is 0.494 e. The molecule has 0 spiro atoms. The van der Waals surface area contributed by atoms with E-state index in [0.29, 0.717) is 35.7 Å². The summed E-state index contributed by atoms with van der Waals surface area (Å²) in [5, 5.41) is 7.37. The van der Waals surface area contributed by atoms with Crippen molar-refractivity contribution in [3.8, 4) is 22.9 Å². The second-order valence-corrected chi connectivity index (χ2v) is 11.1. The van der Waals surface area contributed by atoms with E-state index in [1.165, 1.54) is 4.68 Å². The molecule has 0 N–H and O–H groups in total. The molecule has 0 aliphatic carbocycles. The molecule has 0 amide bonds. The maximum Gasteiger partial charge on any atom is 0.282 e. The Morgan fingerprint density at radius 3 is 2.34 bits per heavy atom. The van der Waals surface area contributed by atoms with E-state index < -0.39 is 0 Å². The van der Waals surface area contributed by atoms with Crippen molar-refractivity contribution in [3.63, 3.8) is 0 Å². The van der Waals surface area contributed by atoms with E-state index in [-0.39, 0.29) is 11.5 Å². The van der Waals surface area contributed by atoms with Gasteiger partial charge in [-0.1, -0.05) is 86.6 Å². The molecule has 0 unspecified atom stereocenters. The van der Waals surface area contributed by atoms with Gasteiger partial charge in [0.1, 0.15) is 18.1 Å². The Morgan fingerprint density at radius 2 is 1.57 bits per heavy atom. The molecule has 6 rings (SSSR count). The Hall–Kier alpha value is -5.23. The molecule has 44 heavy (non-hydrogen) atoms. The van der Waals surface area contributed by atoms with Crippen LogP contribution < -0.4 is 15.0 Å². The Kier molecular flexibility index (Phi) is 8.24. The number of rotatable bonds is 9. The highest BCUT2D eigenvalue weighted by Crippen LogP contribution is 2.34. The number of hydrogen-bond donors (Lipinski definition) is 0. The Labute approximate surface area is 257 Å². The van der Waals surface area contributed by atoms with Gasteiger partial charge in [0.25, 0.3) is 5.56 Å². The maximum absolute atomic E-state index is 14.1. The van der Waals surface area contributed by atoms with E-state index in [2.05, 4.69) is 26.0 Å². The third-order valence-electron chi connectivity index (χ3n) is 7.74. The lowest BCUT2D eigenvalue weighted by Crippen LogP contribution is -2.21. The minimum Gasteiger partial charge on any atom is -0.494 e. The smallest absolute Gasteiger partial charge is 0.282 e. The van der Waals surface area contributed by atoms with Gasteiger partial charge in [-0.05, 0) is 77.6 Å². The van der Waals surface area contributed by atoms with Gasteiger partial charge in [-0.15, -0.1) is 0 Å². The van der Waals surface area contributed by atoms with Gasteiger partial charge >= 0.3 is 0 Å². The lowest BCUT2D eigenvalue weighted by atomic mass is 9.96. The average molecular weight is 582 g/mol. The van der Waals surface area contributed by atoms with E-state index in [9.17, 15) is 4.79 Å². The molecule has 0 fully saturated rings. The summed E-state index contributed by atoms with van der Waals surface area (Å²) in [5.41, 5.74) is 5.06. The second-order valence-electron chi connectivity index (χ2n) is 11.1. The van der Waals surface area contributed by atoms with Gasteiger partial charge in [0.15, 0.2) is 5.82 Å². The van der Waals surface area contributed by atoms with Crippen LogP contribution in [-0.4, -0.2) is 22.5 Å². The Balaban J connectivity index is 1.54.